The van der Waals surface area contributed by atoms with Gasteiger partial charge in [0.05, 0.1) is 9.30 Å². The van der Waals surface area contributed by atoms with Crippen LogP contribution in [-0.4, -0.2) is 12.5 Å². The fourth-order valence-electron chi connectivity index (χ4n) is 0.247. The summed E-state index contributed by atoms with van der Waals surface area (Å²) in [7, 11) is 0. The lowest BCUT2D eigenvalue weighted by Gasteiger charge is -2.02. The molecule has 0 aromatic heterocycles. The van der Waals surface area contributed by atoms with Crippen LogP contribution in [0, 0.1) is 0 Å². The van der Waals surface area contributed by atoms with Crippen molar-refractivity contribution < 1.29 is 27.4 Å². The zero-order valence-corrected chi connectivity index (χ0v) is 6.52. The van der Waals surface area contributed by atoms with E-state index in [1.807, 2.05) is 0 Å². The summed E-state index contributed by atoms with van der Waals surface area (Å²) < 4.78 is 101. The van der Waals surface area contributed by atoms with Gasteiger partial charge in [-0.25, -0.2) is 4.79 Å². The number of ether oxygens (including phenoxy) is 1. The third-order valence-corrected chi connectivity index (χ3v) is 0.731. The summed E-state index contributed by atoms with van der Waals surface area (Å²) >= 11 is 0. The molecule has 0 radical (unpaired) electrons. The van der Waals surface area contributed by atoms with Crippen molar-refractivity contribution in [1.29, 1.82) is 0 Å². The van der Waals surface area contributed by atoms with Gasteiger partial charge >= 0.3 is 5.97 Å². The topological polar surface area (TPSA) is 26.3 Å². The SMILES string of the molecule is [2H]C([2H])([2H])C([2H])([2H])C([2H])([2H])C([2H])([2H])C([2H])([2H])C([2H])([2H])OC(=O)C(=C)C. The van der Waals surface area contributed by atoms with Gasteiger partial charge in [0.15, 0.2) is 0 Å². The smallest absolute Gasteiger partial charge is 0.333 e. The minimum Gasteiger partial charge on any atom is -0.462 e. The van der Waals surface area contributed by atoms with Crippen molar-refractivity contribution in [3.05, 3.63) is 12.2 Å². The van der Waals surface area contributed by atoms with Crippen LogP contribution >= 0.6 is 0 Å². The molecule has 0 heterocycles. The third-order valence-electron chi connectivity index (χ3n) is 0.731. The normalized spacial score (nSPS) is 32.6. The molecule has 0 aliphatic carbocycles. The molecule has 0 saturated carbocycles. The Hall–Kier alpha value is -0.790. The first-order chi connectivity index (χ1) is 10.6. The van der Waals surface area contributed by atoms with Crippen molar-refractivity contribution in [2.45, 2.75) is 39.3 Å². The first-order valence-corrected chi connectivity index (χ1v) is 2.97. The van der Waals surface area contributed by atoms with Gasteiger partial charge in [0.25, 0.3) is 0 Å². The van der Waals surface area contributed by atoms with Gasteiger partial charge < -0.3 is 4.74 Å². The Morgan fingerprint density at radius 2 is 2.33 bits per heavy atom. The average Bonchev–Trinajstić information content (AvgIpc) is 2.35. The molecule has 0 rings (SSSR count). The van der Waals surface area contributed by atoms with Gasteiger partial charge in [0.1, 0.15) is 0 Å². The summed E-state index contributed by atoms with van der Waals surface area (Å²) in [5, 5.41) is 0. The molecule has 0 unspecified atom stereocenters. The Kier molecular flexibility index (Phi) is 1.25. The maximum Gasteiger partial charge on any atom is 0.333 e. The van der Waals surface area contributed by atoms with E-state index in [0.717, 1.165) is 6.92 Å². The molecule has 2 heteroatoms. The molecule has 0 fully saturated rings. The van der Waals surface area contributed by atoms with Crippen molar-refractivity contribution in [3.63, 3.8) is 0 Å². The standard InChI is InChI=1S/C10H18O2/c1-4-5-6-7-8-12-10(11)9(2)3/h2,4-8H2,1,3H3/i1D3,4D2,5D2,6D2,7D2,8D2. The molecule has 0 saturated heterocycles. The summed E-state index contributed by atoms with van der Waals surface area (Å²) in [4.78, 5) is 11.4. The molecule has 0 N–H and O–H groups in total. The third kappa shape index (κ3) is 5.96. The highest BCUT2D eigenvalue weighted by Gasteiger charge is 2.00. The van der Waals surface area contributed by atoms with Gasteiger partial charge in [0.2, 0.25) is 0 Å². The van der Waals surface area contributed by atoms with E-state index < -0.39 is 44.9 Å². The fourth-order valence-corrected chi connectivity index (χ4v) is 0.247. The summed E-state index contributed by atoms with van der Waals surface area (Å²) in [6.45, 7) is -3.19. The average molecular weight is 183 g/mol. The molecule has 0 aliphatic rings. The Morgan fingerprint density at radius 3 is 2.92 bits per heavy atom. The maximum atomic E-state index is 11.4. The highest BCUT2D eigenvalue weighted by Crippen LogP contribution is 2.00. The minimum absolute atomic E-state index is 0.346. The predicted octanol–water partition coefficient (Wildman–Crippen LogP) is 2.69. The van der Waals surface area contributed by atoms with Crippen LogP contribution in [0.25, 0.3) is 0 Å². The Morgan fingerprint density at radius 1 is 1.58 bits per heavy atom. The van der Waals surface area contributed by atoms with E-state index in [0.29, 0.717) is 0 Å². The molecule has 0 amide bonds. The van der Waals surface area contributed by atoms with E-state index in [9.17, 15) is 4.79 Å². The highest BCUT2D eigenvalue weighted by molar-refractivity contribution is 5.86. The maximum absolute atomic E-state index is 11.4. The highest BCUT2D eigenvalue weighted by atomic mass is 16.5. The summed E-state index contributed by atoms with van der Waals surface area (Å²) in [5.74, 6) is -1.43. The first kappa shape index (κ1) is 2.17. The Labute approximate surface area is 92.9 Å². The second kappa shape index (κ2) is 6.89. The number of rotatable bonds is 6. The lowest BCUT2D eigenvalue weighted by atomic mass is 10.2. The molecule has 0 aromatic rings. The van der Waals surface area contributed by atoms with Crippen LogP contribution in [0.4, 0.5) is 0 Å². The van der Waals surface area contributed by atoms with Gasteiger partial charge in [-0.1, -0.05) is 32.5 Å². The number of carbonyl (C=O) groups excluding carboxylic acids is 1. The lowest BCUT2D eigenvalue weighted by Crippen LogP contribution is -2.05. The number of carbonyl (C=O) groups is 1. The van der Waals surface area contributed by atoms with Crippen molar-refractivity contribution in [2.75, 3.05) is 6.56 Å². The Bertz CT molecular complexity index is 546. The van der Waals surface area contributed by atoms with E-state index in [2.05, 4.69) is 11.3 Å². The van der Waals surface area contributed by atoms with Gasteiger partial charge in [-0.15, -0.1) is 0 Å². The van der Waals surface area contributed by atoms with Gasteiger partial charge in [-0.05, 0) is 13.3 Å². The molecule has 0 aromatic carbocycles. The molecule has 2 nitrogen and oxygen atoms in total. The van der Waals surface area contributed by atoms with Crippen molar-refractivity contribution in [3.8, 4) is 0 Å². The number of esters is 1. The Balaban J connectivity index is 6.20. The molecular weight excluding hydrogens is 152 g/mol. The van der Waals surface area contributed by atoms with Crippen molar-refractivity contribution in [2.24, 2.45) is 0 Å². The van der Waals surface area contributed by atoms with Gasteiger partial charge in [-0.3, -0.25) is 0 Å². The first-order valence-electron chi connectivity index (χ1n) is 9.47. The quantitative estimate of drug-likeness (QED) is 0.467. The van der Waals surface area contributed by atoms with E-state index in [-0.39, 0.29) is 5.57 Å². The fraction of sp³-hybridized carbons (Fsp3) is 0.700. The van der Waals surface area contributed by atoms with Crippen LogP contribution < -0.4 is 0 Å². The number of hydrogen-bond donors (Lipinski definition) is 0. The van der Waals surface area contributed by atoms with Crippen LogP contribution in [0.1, 0.15) is 57.1 Å². The van der Waals surface area contributed by atoms with Gasteiger partial charge in [0, 0.05) is 20.7 Å². The van der Waals surface area contributed by atoms with Crippen LogP contribution in [0.2, 0.25) is 0 Å². The molecule has 0 spiro atoms. The van der Waals surface area contributed by atoms with Crippen molar-refractivity contribution >= 4 is 5.97 Å². The predicted molar refractivity (Wildman–Crippen MR) is 49.9 cm³/mol. The van der Waals surface area contributed by atoms with E-state index in [1.165, 1.54) is 0 Å². The van der Waals surface area contributed by atoms with E-state index >= 15 is 0 Å². The lowest BCUT2D eigenvalue weighted by molar-refractivity contribution is -0.139. The molecule has 0 bridgehead atoms. The van der Waals surface area contributed by atoms with Crippen LogP contribution in [0.15, 0.2) is 12.2 Å². The summed E-state index contributed by atoms with van der Waals surface area (Å²) in [6.07, 6.45) is -15.9. The monoisotopic (exact) mass is 183 g/mol. The molecule has 12 heavy (non-hydrogen) atoms. The molecule has 0 aliphatic heterocycles. The zero-order valence-electron chi connectivity index (χ0n) is 19.5. The largest absolute Gasteiger partial charge is 0.462 e. The summed E-state index contributed by atoms with van der Waals surface area (Å²) in [6, 6.07) is 0. The van der Waals surface area contributed by atoms with Gasteiger partial charge in [-0.2, -0.15) is 0 Å². The second-order valence-corrected chi connectivity index (χ2v) is 1.77. The second-order valence-electron chi connectivity index (χ2n) is 1.77. The molecule has 0 atom stereocenters. The van der Waals surface area contributed by atoms with Crippen LogP contribution in [0.5, 0.6) is 0 Å². The zero-order chi connectivity index (χ0) is 20.9. The van der Waals surface area contributed by atoms with E-state index in [1.54, 1.807) is 0 Å². The minimum atomic E-state index is -4.06. The van der Waals surface area contributed by atoms with Crippen molar-refractivity contribution in [1.82, 2.24) is 0 Å². The van der Waals surface area contributed by atoms with Crippen LogP contribution in [-0.2, 0) is 9.53 Å². The summed E-state index contributed by atoms with van der Waals surface area (Å²) in [5.41, 5.74) is -0.346. The van der Waals surface area contributed by atoms with E-state index in [4.69, 9.17) is 17.8 Å². The van der Waals surface area contributed by atoms with Crippen LogP contribution in [0.3, 0.4) is 0 Å². The number of hydrogen-bond acceptors (Lipinski definition) is 2. The molecule has 70 valence electrons. The molecular formula is C10H18O2.